The Balaban J connectivity index is 0.00000150. The number of carbonyl (C=O) groups excluding carboxylic acids is 1. The first-order chi connectivity index (χ1) is 13.1. The van der Waals surface area contributed by atoms with E-state index in [4.69, 9.17) is 5.73 Å². The number of piperidine rings is 1. The lowest BCUT2D eigenvalue weighted by atomic mass is 9.91. The SMILES string of the molecule is CC(C(=O)N1CCCC(c2nnc3ccccn23)C1)C(N)c1ccccc1.Cl.Cl. The second-order valence-electron chi connectivity index (χ2n) is 7.34. The number of rotatable bonds is 4. The van der Waals surface area contributed by atoms with E-state index < -0.39 is 0 Å². The fraction of sp³-hybridized carbons (Fsp3) is 0.381. The van der Waals surface area contributed by atoms with Gasteiger partial charge in [0.15, 0.2) is 5.65 Å². The van der Waals surface area contributed by atoms with Crippen LogP contribution in [-0.2, 0) is 4.79 Å². The van der Waals surface area contributed by atoms with Crippen LogP contribution >= 0.6 is 24.8 Å². The number of nitrogens with zero attached hydrogens (tertiary/aromatic N) is 4. The zero-order valence-corrected chi connectivity index (χ0v) is 18.0. The highest BCUT2D eigenvalue weighted by Crippen LogP contribution is 2.29. The van der Waals surface area contributed by atoms with Crippen LogP contribution in [0.5, 0.6) is 0 Å². The number of fused-ring (bicyclic) bond motifs is 1. The normalized spacial score (nSPS) is 18.4. The van der Waals surface area contributed by atoms with Crippen molar-refractivity contribution < 1.29 is 4.79 Å². The molecule has 156 valence electrons. The number of carbonyl (C=O) groups is 1. The van der Waals surface area contributed by atoms with Crippen LogP contribution in [0.25, 0.3) is 5.65 Å². The van der Waals surface area contributed by atoms with Gasteiger partial charge in [-0.25, -0.2) is 0 Å². The monoisotopic (exact) mass is 435 g/mol. The predicted octanol–water partition coefficient (Wildman–Crippen LogP) is 3.62. The van der Waals surface area contributed by atoms with E-state index in [9.17, 15) is 4.79 Å². The van der Waals surface area contributed by atoms with Crippen LogP contribution in [0.1, 0.15) is 43.1 Å². The summed E-state index contributed by atoms with van der Waals surface area (Å²) in [6, 6.07) is 15.4. The molecule has 0 radical (unpaired) electrons. The number of likely N-dealkylation sites (tertiary alicyclic amines) is 1. The van der Waals surface area contributed by atoms with Crippen LogP contribution in [0.2, 0.25) is 0 Å². The van der Waals surface area contributed by atoms with Crippen molar-refractivity contribution in [3.63, 3.8) is 0 Å². The average Bonchev–Trinajstić information content (AvgIpc) is 3.17. The van der Waals surface area contributed by atoms with E-state index in [1.807, 2.05) is 71.0 Å². The van der Waals surface area contributed by atoms with Gasteiger partial charge < -0.3 is 10.6 Å². The van der Waals surface area contributed by atoms with Crippen LogP contribution in [0, 0.1) is 5.92 Å². The summed E-state index contributed by atoms with van der Waals surface area (Å²) in [7, 11) is 0. The van der Waals surface area contributed by atoms with Gasteiger partial charge in [0, 0.05) is 31.2 Å². The molecule has 1 aliphatic heterocycles. The lowest BCUT2D eigenvalue weighted by Crippen LogP contribution is -2.44. The highest BCUT2D eigenvalue weighted by molar-refractivity contribution is 5.85. The Morgan fingerprint density at radius 1 is 1.10 bits per heavy atom. The van der Waals surface area contributed by atoms with E-state index in [0.29, 0.717) is 6.54 Å². The van der Waals surface area contributed by atoms with Gasteiger partial charge >= 0.3 is 0 Å². The minimum atomic E-state index is -0.298. The first-order valence-electron chi connectivity index (χ1n) is 9.54. The molecule has 2 N–H and O–H groups in total. The largest absolute Gasteiger partial charge is 0.342 e. The first kappa shape index (κ1) is 23.1. The maximum Gasteiger partial charge on any atom is 0.227 e. The Morgan fingerprint density at radius 3 is 2.59 bits per heavy atom. The maximum atomic E-state index is 13.1. The number of pyridine rings is 1. The van der Waals surface area contributed by atoms with Crippen LogP contribution < -0.4 is 5.73 Å². The average molecular weight is 436 g/mol. The highest BCUT2D eigenvalue weighted by atomic mass is 35.5. The third kappa shape index (κ3) is 4.71. The summed E-state index contributed by atoms with van der Waals surface area (Å²) >= 11 is 0. The maximum absolute atomic E-state index is 13.1. The topological polar surface area (TPSA) is 76.5 Å². The lowest BCUT2D eigenvalue weighted by molar-refractivity contribution is -0.137. The summed E-state index contributed by atoms with van der Waals surface area (Å²) in [5.41, 5.74) is 8.21. The quantitative estimate of drug-likeness (QED) is 0.678. The van der Waals surface area contributed by atoms with Gasteiger partial charge in [0.05, 0.1) is 5.92 Å². The number of hydrogen-bond donors (Lipinski definition) is 1. The summed E-state index contributed by atoms with van der Waals surface area (Å²) in [6.07, 6.45) is 3.96. The number of benzene rings is 1. The molecule has 1 aromatic carbocycles. The Kier molecular flexibility index (Phi) is 8.02. The van der Waals surface area contributed by atoms with Gasteiger partial charge in [0.25, 0.3) is 0 Å². The molecule has 0 saturated carbocycles. The molecule has 3 atom stereocenters. The van der Waals surface area contributed by atoms with Gasteiger partial charge in [0.2, 0.25) is 5.91 Å². The Hall–Kier alpha value is -2.15. The van der Waals surface area contributed by atoms with Crippen molar-refractivity contribution in [3.8, 4) is 0 Å². The van der Waals surface area contributed by atoms with Gasteiger partial charge in [-0.3, -0.25) is 9.20 Å². The predicted molar refractivity (Wildman–Crippen MR) is 119 cm³/mol. The van der Waals surface area contributed by atoms with Gasteiger partial charge in [-0.05, 0) is 30.5 Å². The molecule has 3 unspecified atom stereocenters. The highest BCUT2D eigenvalue weighted by Gasteiger charge is 2.32. The molecule has 0 bridgehead atoms. The molecule has 29 heavy (non-hydrogen) atoms. The van der Waals surface area contributed by atoms with Crippen LogP contribution in [-0.4, -0.2) is 38.5 Å². The van der Waals surface area contributed by atoms with Crippen molar-refractivity contribution in [3.05, 3.63) is 66.1 Å². The minimum absolute atomic E-state index is 0. The van der Waals surface area contributed by atoms with E-state index in [-0.39, 0.29) is 48.6 Å². The zero-order chi connectivity index (χ0) is 18.8. The van der Waals surface area contributed by atoms with Gasteiger partial charge in [-0.2, -0.15) is 0 Å². The fourth-order valence-corrected chi connectivity index (χ4v) is 3.93. The summed E-state index contributed by atoms with van der Waals surface area (Å²) in [6.45, 7) is 3.37. The molecule has 6 nitrogen and oxygen atoms in total. The molecule has 0 aliphatic carbocycles. The van der Waals surface area contributed by atoms with Crippen molar-refractivity contribution in [1.82, 2.24) is 19.5 Å². The molecule has 3 heterocycles. The zero-order valence-electron chi connectivity index (χ0n) is 16.3. The Bertz CT molecular complexity index is 933. The second-order valence-corrected chi connectivity index (χ2v) is 7.34. The first-order valence-corrected chi connectivity index (χ1v) is 9.54. The van der Waals surface area contributed by atoms with Crippen LogP contribution in [0.15, 0.2) is 54.7 Å². The number of halogens is 2. The van der Waals surface area contributed by atoms with E-state index in [0.717, 1.165) is 36.4 Å². The molecule has 0 spiro atoms. The van der Waals surface area contributed by atoms with Crippen molar-refractivity contribution in [2.24, 2.45) is 11.7 Å². The Morgan fingerprint density at radius 2 is 1.83 bits per heavy atom. The van der Waals surface area contributed by atoms with Crippen LogP contribution in [0.4, 0.5) is 0 Å². The number of nitrogens with two attached hydrogens (primary N) is 1. The molecule has 2 aromatic heterocycles. The van der Waals surface area contributed by atoms with Gasteiger partial charge in [0.1, 0.15) is 5.82 Å². The minimum Gasteiger partial charge on any atom is -0.342 e. The third-order valence-electron chi connectivity index (χ3n) is 5.55. The van der Waals surface area contributed by atoms with Gasteiger partial charge in [-0.1, -0.05) is 43.3 Å². The fourth-order valence-electron chi connectivity index (χ4n) is 3.93. The van der Waals surface area contributed by atoms with Crippen LogP contribution in [0.3, 0.4) is 0 Å². The summed E-state index contributed by atoms with van der Waals surface area (Å²) in [4.78, 5) is 15.0. The van der Waals surface area contributed by atoms with Gasteiger partial charge in [-0.15, -0.1) is 35.0 Å². The standard InChI is InChI=1S/C21H25N5O.2ClH/c1-15(19(22)16-8-3-2-4-9-16)21(27)25-12-7-10-17(14-25)20-24-23-18-11-5-6-13-26(18)20;;/h2-6,8-9,11,13,15,17,19H,7,10,12,14,22H2,1H3;2*1H. The van der Waals surface area contributed by atoms with E-state index in [1.54, 1.807) is 0 Å². The summed E-state index contributed by atoms with van der Waals surface area (Å²) < 4.78 is 2.03. The molecule has 3 aromatic rings. The summed E-state index contributed by atoms with van der Waals surface area (Å²) in [5.74, 6) is 0.981. The molecular formula is C21H27Cl2N5O. The molecule has 1 aliphatic rings. The molecule has 8 heteroatoms. The smallest absolute Gasteiger partial charge is 0.227 e. The lowest BCUT2D eigenvalue weighted by Gasteiger charge is -2.35. The second kappa shape index (κ2) is 10.1. The molecule has 1 amide bonds. The molecule has 1 saturated heterocycles. The van der Waals surface area contributed by atoms with Crippen molar-refractivity contribution in [2.75, 3.05) is 13.1 Å². The summed E-state index contributed by atoms with van der Waals surface area (Å²) in [5, 5.41) is 8.65. The Labute approximate surface area is 183 Å². The van der Waals surface area contributed by atoms with E-state index in [1.165, 1.54) is 0 Å². The molecular weight excluding hydrogens is 409 g/mol. The number of hydrogen-bond acceptors (Lipinski definition) is 4. The van der Waals surface area contributed by atoms with Crippen molar-refractivity contribution in [1.29, 1.82) is 0 Å². The van der Waals surface area contributed by atoms with E-state index >= 15 is 0 Å². The number of aromatic nitrogens is 3. The van der Waals surface area contributed by atoms with E-state index in [2.05, 4.69) is 10.2 Å². The van der Waals surface area contributed by atoms with Crippen molar-refractivity contribution >= 4 is 36.4 Å². The number of amides is 1. The molecule has 4 rings (SSSR count). The van der Waals surface area contributed by atoms with Crippen molar-refractivity contribution in [2.45, 2.75) is 31.7 Å². The molecule has 1 fully saturated rings. The third-order valence-corrected chi connectivity index (χ3v) is 5.55.